The first kappa shape index (κ1) is 13.2. The minimum atomic E-state index is -1.26. The van der Waals surface area contributed by atoms with Crippen molar-refractivity contribution in [2.45, 2.75) is 4.33 Å². The van der Waals surface area contributed by atoms with Crippen LogP contribution < -0.4 is 11.1 Å². The van der Waals surface area contributed by atoms with Gasteiger partial charge in [0.15, 0.2) is 5.17 Å². The van der Waals surface area contributed by atoms with Crippen LogP contribution in [0.4, 0.5) is 0 Å². The normalized spacial score (nSPS) is 23.8. The summed E-state index contributed by atoms with van der Waals surface area (Å²) in [6.07, 6.45) is 3.31. The number of hydrogen-bond donors (Lipinski definition) is 2. The summed E-state index contributed by atoms with van der Waals surface area (Å²) in [5.41, 5.74) is 5.28. The van der Waals surface area contributed by atoms with Gasteiger partial charge in [0.2, 0.25) is 10.2 Å². The van der Waals surface area contributed by atoms with Gasteiger partial charge in [-0.3, -0.25) is 4.79 Å². The van der Waals surface area contributed by atoms with Gasteiger partial charge in [-0.1, -0.05) is 23.4 Å². The number of nitrogens with two attached hydrogens (primary N) is 1. The Labute approximate surface area is 106 Å². The van der Waals surface area contributed by atoms with Crippen LogP contribution in [0.1, 0.15) is 0 Å². The van der Waals surface area contributed by atoms with Crippen molar-refractivity contribution in [1.82, 2.24) is 5.32 Å². The lowest BCUT2D eigenvalue weighted by Crippen LogP contribution is -2.31. The molecule has 0 aromatic carbocycles. The van der Waals surface area contributed by atoms with E-state index < -0.39 is 10.2 Å². The van der Waals surface area contributed by atoms with Crippen LogP contribution in [0.5, 0.6) is 0 Å². The maximum absolute atomic E-state index is 10.7. The number of halogens is 1. The van der Waals surface area contributed by atoms with E-state index >= 15 is 0 Å². The summed E-state index contributed by atoms with van der Waals surface area (Å²) in [6.45, 7) is 0. The molecule has 1 rings (SSSR count). The van der Waals surface area contributed by atoms with Crippen LogP contribution >= 0.6 is 35.1 Å². The van der Waals surface area contributed by atoms with Crippen LogP contribution in [0.15, 0.2) is 16.8 Å². The van der Waals surface area contributed by atoms with Gasteiger partial charge in [0.25, 0.3) is 0 Å². The Bertz CT molecular complexity index is 403. The highest BCUT2D eigenvalue weighted by molar-refractivity contribution is 8.13. The Morgan fingerprint density at radius 3 is 3.06 bits per heavy atom. The second kappa shape index (κ2) is 5.48. The van der Waals surface area contributed by atoms with Gasteiger partial charge in [-0.05, 0) is 6.26 Å². The van der Waals surface area contributed by atoms with Crippen molar-refractivity contribution in [3.05, 3.63) is 11.8 Å². The fraction of sp³-hybridized carbons (Fsp3) is 0.375. The number of primary amides is 1. The number of carbonyl (C=O) groups excluding carboxylic acids is 1. The zero-order valence-corrected chi connectivity index (χ0v) is 10.7. The van der Waals surface area contributed by atoms with E-state index in [9.17, 15) is 4.79 Å². The van der Waals surface area contributed by atoms with Crippen molar-refractivity contribution in [3.63, 3.8) is 0 Å². The van der Waals surface area contributed by atoms with E-state index in [4.69, 9.17) is 22.6 Å². The van der Waals surface area contributed by atoms with Crippen LogP contribution in [-0.4, -0.2) is 27.4 Å². The van der Waals surface area contributed by atoms with E-state index in [1.54, 1.807) is 0 Å². The molecule has 0 aromatic heterocycles. The number of amidine groups is 1. The molecule has 1 atom stereocenters. The molecular weight excluding hydrogens is 268 g/mol. The fourth-order valence-corrected chi connectivity index (χ4v) is 2.54. The minimum absolute atomic E-state index is 0.00762. The summed E-state index contributed by atoms with van der Waals surface area (Å²) >= 11 is 8.57. The predicted molar refractivity (Wildman–Crippen MR) is 68.0 cm³/mol. The Hall–Kier alpha value is -0.840. The summed E-state index contributed by atoms with van der Waals surface area (Å²) in [5, 5.41) is 12.3. The Morgan fingerprint density at radius 2 is 2.56 bits per heavy atom. The zero-order chi connectivity index (χ0) is 12.2. The highest BCUT2D eigenvalue weighted by Crippen LogP contribution is 2.40. The average Bonchev–Trinajstić information content (AvgIpc) is 2.26. The molecule has 16 heavy (non-hydrogen) atoms. The molecule has 1 unspecified atom stereocenters. The number of carbonyl (C=O) groups is 1. The molecule has 1 heterocycles. The van der Waals surface area contributed by atoms with Crippen LogP contribution in [0.2, 0.25) is 0 Å². The Balaban J connectivity index is 2.90. The van der Waals surface area contributed by atoms with Crippen molar-refractivity contribution < 1.29 is 4.79 Å². The lowest BCUT2D eigenvalue weighted by Gasteiger charge is -2.25. The summed E-state index contributed by atoms with van der Waals surface area (Å²) in [5.74, 6) is -0.491. The molecular formula is C8H9ClN4OS2. The SMILES string of the molecule is CSC1=NC(Cl)(SCC(N)=O)C(C#N)=CN1. The van der Waals surface area contributed by atoms with Crippen LogP contribution in [0.3, 0.4) is 0 Å². The molecule has 0 aliphatic carbocycles. The fourth-order valence-electron chi connectivity index (χ4n) is 0.929. The lowest BCUT2D eigenvalue weighted by atomic mass is 10.3. The predicted octanol–water partition coefficient (Wildman–Crippen LogP) is 0.827. The third-order valence-corrected chi connectivity index (χ3v) is 3.97. The van der Waals surface area contributed by atoms with Gasteiger partial charge in [0.1, 0.15) is 6.07 Å². The monoisotopic (exact) mass is 276 g/mol. The highest BCUT2D eigenvalue weighted by Gasteiger charge is 2.36. The molecule has 0 fully saturated rings. The first-order chi connectivity index (χ1) is 7.51. The van der Waals surface area contributed by atoms with Gasteiger partial charge in [-0.25, -0.2) is 4.99 Å². The molecule has 86 valence electrons. The average molecular weight is 277 g/mol. The molecule has 8 heteroatoms. The number of nitrogens with zero attached hydrogens (tertiary/aromatic N) is 2. The van der Waals surface area contributed by atoms with Crippen LogP contribution in [0, 0.1) is 11.3 Å². The van der Waals surface area contributed by atoms with E-state index in [2.05, 4.69) is 10.3 Å². The van der Waals surface area contributed by atoms with Crippen molar-refractivity contribution in [2.24, 2.45) is 10.7 Å². The topological polar surface area (TPSA) is 91.3 Å². The molecule has 0 saturated heterocycles. The number of alkyl halides is 1. The van der Waals surface area contributed by atoms with Crippen molar-refractivity contribution in [3.8, 4) is 6.07 Å². The number of hydrogen-bond acceptors (Lipinski definition) is 6. The third-order valence-electron chi connectivity index (χ3n) is 1.64. The minimum Gasteiger partial charge on any atom is -0.369 e. The van der Waals surface area contributed by atoms with Gasteiger partial charge in [0, 0.05) is 6.20 Å². The maximum atomic E-state index is 10.7. The van der Waals surface area contributed by atoms with Crippen LogP contribution in [-0.2, 0) is 4.79 Å². The number of amides is 1. The summed E-state index contributed by atoms with van der Waals surface area (Å²) < 4.78 is -1.26. The molecule has 3 N–H and O–H groups in total. The van der Waals surface area contributed by atoms with Gasteiger partial charge >= 0.3 is 0 Å². The first-order valence-electron chi connectivity index (χ1n) is 4.14. The van der Waals surface area contributed by atoms with Gasteiger partial charge in [-0.2, -0.15) is 5.26 Å². The largest absolute Gasteiger partial charge is 0.369 e. The second-order valence-corrected chi connectivity index (χ2v) is 5.49. The molecule has 1 aliphatic heterocycles. The molecule has 0 radical (unpaired) electrons. The van der Waals surface area contributed by atoms with E-state index in [1.165, 1.54) is 18.0 Å². The third kappa shape index (κ3) is 3.07. The molecule has 1 amide bonds. The number of nitrogens with one attached hydrogen (secondary N) is 1. The molecule has 0 aromatic rings. The Kier molecular flexibility index (Phi) is 4.53. The van der Waals surface area contributed by atoms with Crippen molar-refractivity contribution in [1.29, 1.82) is 5.26 Å². The van der Waals surface area contributed by atoms with Crippen molar-refractivity contribution >= 4 is 46.2 Å². The van der Waals surface area contributed by atoms with E-state index in [-0.39, 0.29) is 11.3 Å². The summed E-state index contributed by atoms with van der Waals surface area (Å²) in [6, 6.07) is 1.94. The lowest BCUT2D eigenvalue weighted by molar-refractivity contribution is -0.115. The van der Waals surface area contributed by atoms with E-state index in [0.29, 0.717) is 5.17 Å². The van der Waals surface area contributed by atoms with Crippen LogP contribution in [0.25, 0.3) is 0 Å². The number of nitriles is 1. The van der Waals surface area contributed by atoms with Gasteiger partial charge < -0.3 is 11.1 Å². The molecule has 1 aliphatic rings. The van der Waals surface area contributed by atoms with Gasteiger partial charge in [0.05, 0.1) is 11.3 Å². The van der Waals surface area contributed by atoms with E-state index in [0.717, 1.165) is 11.8 Å². The quantitative estimate of drug-likeness (QED) is 0.588. The Morgan fingerprint density at radius 1 is 1.88 bits per heavy atom. The standard InChI is InChI=1S/C8H9ClN4OS2/c1-15-7-12-3-5(2-10)8(9,13-7)16-4-6(11)14/h3H,4H2,1H3,(H2,11,14)(H,12,13). The van der Waals surface area contributed by atoms with Crippen molar-refractivity contribution in [2.75, 3.05) is 12.0 Å². The number of aliphatic imine (C=N–C) groups is 1. The first-order valence-corrected chi connectivity index (χ1v) is 6.73. The summed E-state index contributed by atoms with van der Waals surface area (Å²) in [7, 11) is 0. The number of thioether (sulfide) groups is 2. The second-order valence-electron chi connectivity index (χ2n) is 2.75. The maximum Gasteiger partial charge on any atom is 0.227 e. The molecule has 0 spiro atoms. The van der Waals surface area contributed by atoms with E-state index in [1.807, 2.05) is 12.3 Å². The highest BCUT2D eigenvalue weighted by atomic mass is 35.5. The van der Waals surface area contributed by atoms with Gasteiger partial charge in [-0.15, -0.1) is 11.8 Å². The molecule has 0 saturated carbocycles. The smallest absolute Gasteiger partial charge is 0.227 e. The zero-order valence-electron chi connectivity index (χ0n) is 8.36. The number of rotatable bonds is 3. The summed E-state index contributed by atoms with van der Waals surface area (Å²) in [4.78, 5) is 14.9. The molecule has 0 bridgehead atoms. The molecule has 5 nitrogen and oxygen atoms in total.